The fraction of sp³-hybridized carbons (Fsp3) is 0.467. The summed E-state index contributed by atoms with van der Waals surface area (Å²) in [6, 6.07) is 15.4. The first-order valence-electron chi connectivity index (χ1n) is 13.6. The van der Waals surface area contributed by atoms with Gasteiger partial charge in [-0.2, -0.15) is 0 Å². The number of nitrogens with zero attached hydrogens (tertiary/aromatic N) is 5. The zero-order valence-electron chi connectivity index (χ0n) is 22.5. The van der Waals surface area contributed by atoms with E-state index in [1.165, 1.54) is 29.5 Å². The summed E-state index contributed by atoms with van der Waals surface area (Å²) in [4.78, 5) is 18.8. The van der Waals surface area contributed by atoms with Crippen LogP contribution < -0.4 is 5.56 Å². The second-order valence-electron chi connectivity index (χ2n) is 10.7. The molecule has 0 amide bonds. The molecule has 4 aromatic rings. The van der Waals surface area contributed by atoms with Crippen molar-refractivity contribution in [3.8, 4) is 0 Å². The SMILES string of the molecule is CC[C@H](c1nnnn1C1CCCC1)N(CCc1cccc(C)c1)Cc1cc2cc(C)cc(C)c2[nH]c1=O. The number of fused-ring (bicyclic) bond motifs is 1. The predicted octanol–water partition coefficient (Wildman–Crippen LogP) is 5.75. The van der Waals surface area contributed by atoms with E-state index in [0.717, 1.165) is 60.1 Å². The van der Waals surface area contributed by atoms with Crippen molar-refractivity contribution < 1.29 is 0 Å². The van der Waals surface area contributed by atoms with Crippen LogP contribution in [0.5, 0.6) is 0 Å². The average Bonchev–Trinajstić information content (AvgIpc) is 3.56. The van der Waals surface area contributed by atoms with Gasteiger partial charge in [0.15, 0.2) is 5.82 Å². The van der Waals surface area contributed by atoms with Crippen molar-refractivity contribution in [3.63, 3.8) is 0 Å². The lowest BCUT2D eigenvalue weighted by Gasteiger charge is -2.31. The third-order valence-electron chi connectivity index (χ3n) is 7.83. The van der Waals surface area contributed by atoms with E-state index in [1.807, 2.05) is 0 Å². The Morgan fingerprint density at radius 3 is 2.65 bits per heavy atom. The Hall–Kier alpha value is -3.32. The molecule has 2 aromatic carbocycles. The highest BCUT2D eigenvalue weighted by molar-refractivity contribution is 5.82. The molecular weight excluding hydrogens is 460 g/mol. The maximum absolute atomic E-state index is 13.3. The summed E-state index contributed by atoms with van der Waals surface area (Å²) >= 11 is 0. The van der Waals surface area contributed by atoms with Crippen molar-refractivity contribution in [1.29, 1.82) is 0 Å². The van der Waals surface area contributed by atoms with Gasteiger partial charge < -0.3 is 4.98 Å². The van der Waals surface area contributed by atoms with Crippen LogP contribution in [0, 0.1) is 20.8 Å². The highest BCUT2D eigenvalue weighted by atomic mass is 16.1. The zero-order valence-corrected chi connectivity index (χ0v) is 22.5. The van der Waals surface area contributed by atoms with Crippen molar-refractivity contribution in [3.05, 3.63) is 86.5 Å². The summed E-state index contributed by atoms with van der Waals surface area (Å²) in [5.74, 6) is 0.919. The summed E-state index contributed by atoms with van der Waals surface area (Å²) in [6.45, 7) is 9.82. The van der Waals surface area contributed by atoms with Gasteiger partial charge in [-0.1, -0.05) is 61.2 Å². The topological polar surface area (TPSA) is 79.7 Å². The number of hydrogen-bond donors (Lipinski definition) is 1. The first-order valence-corrected chi connectivity index (χ1v) is 13.6. The van der Waals surface area contributed by atoms with Crippen molar-refractivity contribution in [2.24, 2.45) is 0 Å². The van der Waals surface area contributed by atoms with Crippen molar-refractivity contribution in [2.45, 2.75) is 84.8 Å². The lowest BCUT2D eigenvalue weighted by molar-refractivity contribution is 0.169. The van der Waals surface area contributed by atoms with Gasteiger partial charge in [0.25, 0.3) is 5.56 Å². The molecule has 0 spiro atoms. The third-order valence-corrected chi connectivity index (χ3v) is 7.83. The fourth-order valence-electron chi connectivity index (χ4n) is 5.99. The van der Waals surface area contributed by atoms with Gasteiger partial charge in [-0.25, -0.2) is 4.68 Å². The second kappa shape index (κ2) is 11.0. The monoisotopic (exact) mass is 498 g/mol. The number of nitrogens with one attached hydrogen (secondary N) is 1. The molecule has 1 aliphatic carbocycles. The molecule has 1 N–H and O–H groups in total. The van der Waals surface area contributed by atoms with Crippen LogP contribution >= 0.6 is 0 Å². The van der Waals surface area contributed by atoms with Crippen LogP contribution in [0.15, 0.2) is 47.3 Å². The number of H-pyrrole nitrogens is 1. The second-order valence-corrected chi connectivity index (χ2v) is 10.7. The minimum Gasteiger partial charge on any atom is -0.321 e. The summed E-state index contributed by atoms with van der Waals surface area (Å²) in [7, 11) is 0. The minimum atomic E-state index is -0.0229. The molecule has 7 heteroatoms. The molecule has 194 valence electrons. The van der Waals surface area contributed by atoms with E-state index < -0.39 is 0 Å². The zero-order chi connectivity index (χ0) is 25.9. The van der Waals surface area contributed by atoms with Crippen LogP contribution in [0.25, 0.3) is 10.9 Å². The average molecular weight is 499 g/mol. The normalized spacial score (nSPS) is 15.2. The predicted molar refractivity (Wildman–Crippen MR) is 148 cm³/mol. The highest BCUT2D eigenvalue weighted by Gasteiger charge is 2.29. The highest BCUT2D eigenvalue weighted by Crippen LogP contribution is 2.33. The Balaban J connectivity index is 1.51. The van der Waals surface area contributed by atoms with Crippen molar-refractivity contribution in [2.75, 3.05) is 6.54 Å². The van der Waals surface area contributed by atoms with E-state index in [9.17, 15) is 4.79 Å². The first kappa shape index (κ1) is 25.3. The number of aromatic amines is 1. The minimum absolute atomic E-state index is 0.0229. The summed E-state index contributed by atoms with van der Waals surface area (Å²) in [6.07, 6.45) is 6.46. The Kier molecular flexibility index (Phi) is 7.51. The maximum atomic E-state index is 13.3. The number of tetrazole rings is 1. The van der Waals surface area contributed by atoms with E-state index in [4.69, 9.17) is 0 Å². The number of aryl methyl sites for hydroxylation is 3. The molecule has 37 heavy (non-hydrogen) atoms. The molecule has 0 aliphatic heterocycles. The van der Waals surface area contributed by atoms with E-state index in [1.54, 1.807) is 0 Å². The van der Waals surface area contributed by atoms with Crippen LogP contribution in [-0.2, 0) is 13.0 Å². The smallest absolute Gasteiger partial charge is 0.252 e. The summed E-state index contributed by atoms with van der Waals surface area (Å²) in [5.41, 5.74) is 6.53. The van der Waals surface area contributed by atoms with E-state index in [-0.39, 0.29) is 11.6 Å². The van der Waals surface area contributed by atoms with Gasteiger partial charge >= 0.3 is 0 Å². The van der Waals surface area contributed by atoms with Crippen LogP contribution in [0.2, 0.25) is 0 Å². The molecule has 7 nitrogen and oxygen atoms in total. The molecule has 0 bridgehead atoms. The van der Waals surface area contributed by atoms with Crippen molar-refractivity contribution in [1.82, 2.24) is 30.1 Å². The quantitative estimate of drug-likeness (QED) is 0.318. The first-order chi connectivity index (χ1) is 17.9. The number of benzene rings is 2. The van der Waals surface area contributed by atoms with Gasteiger partial charge in [0.05, 0.1) is 17.6 Å². The lowest BCUT2D eigenvalue weighted by atomic mass is 10.0. The number of hydrogen-bond acceptors (Lipinski definition) is 5. The number of pyridine rings is 1. The lowest BCUT2D eigenvalue weighted by Crippen LogP contribution is -2.34. The summed E-state index contributed by atoms with van der Waals surface area (Å²) < 4.78 is 2.07. The Morgan fingerprint density at radius 1 is 1.08 bits per heavy atom. The molecule has 0 saturated heterocycles. The van der Waals surface area contributed by atoms with Gasteiger partial charge in [-0.15, -0.1) is 5.10 Å². The van der Waals surface area contributed by atoms with Gasteiger partial charge in [-0.3, -0.25) is 9.69 Å². The fourth-order valence-corrected chi connectivity index (χ4v) is 5.99. The standard InChI is InChI=1S/C30H38N6O/c1-5-27(29-32-33-34-36(29)26-11-6-7-12-26)35(14-13-23-10-8-9-20(2)16-23)19-25-18-24-17-21(3)15-22(4)28(24)31-30(25)37/h8-10,15-18,26-27H,5-7,11-14,19H2,1-4H3,(H,31,37)/t27-/m1/s1. The number of aromatic nitrogens is 5. The molecule has 1 saturated carbocycles. The van der Waals surface area contributed by atoms with Gasteiger partial charge in [0.1, 0.15) is 0 Å². The molecule has 1 atom stereocenters. The van der Waals surface area contributed by atoms with Crippen LogP contribution in [0.3, 0.4) is 0 Å². The molecule has 0 radical (unpaired) electrons. The molecule has 1 aliphatic rings. The molecule has 2 aromatic heterocycles. The van der Waals surface area contributed by atoms with Gasteiger partial charge in [0, 0.05) is 18.7 Å². The molecule has 1 fully saturated rings. The summed E-state index contributed by atoms with van der Waals surface area (Å²) in [5, 5.41) is 14.1. The van der Waals surface area contributed by atoms with Crippen LogP contribution in [-0.4, -0.2) is 36.6 Å². The third kappa shape index (κ3) is 5.52. The Morgan fingerprint density at radius 2 is 1.89 bits per heavy atom. The van der Waals surface area contributed by atoms with E-state index in [0.29, 0.717) is 12.6 Å². The Bertz CT molecular complexity index is 1430. The molecule has 0 unspecified atom stereocenters. The van der Waals surface area contributed by atoms with Crippen LogP contribution in [0.1, 0.15) is 84.8 Å². The van der Waals surface area contributed by atoms with Crippen molar-refractivity contribution >= 4 is 10.9 Å². The number of rotatable bonds is 9. The largest absolute Gasteiger partial charge is 0.321 e. The van der Waals surface area contributed by atoms with Gasteiger partial charge in [-0.05, 0) is 85.5 Å². The molecular formula is C30H38N6O. The van der Waals surface area contributed by atoms with E-state index in [2.05, 4.69) is 100 Å². The maximum Gasteiger partial charge on any atom is 0.252 e. The molecule has 5 rings (SSSR count). The van der Waals surface area contributed by atoms with Gasteiger partial charge in [0.2, 0.25) is 0 Å². The van der Waals surface area contributed by atoms with E-state index >= 15 is 0 Å². The van der Waals surface area contributed by atoms with Crippen LogP contribution in [0.4, 0.5) is 0 Å². The molecule has 2 heterocycles. The Labute approximate surface area is 218 Å².